The van der Waals surface area contributed by atoms with E-state index in [2.05, 4.69) is 20.6 Å². The highest BCUT2D eigenvalue weighted by atomic mass is 19.4. The van der Waals surface area contributed by atoms with Crippen molar-refractivity contribution < 1.29 is 22.8 Å². The Bertz CT molecular complexity index is 1240. The van der Waals surface area contributed by atoms with Crippen LogP contribution in [0.2, 0.25) is 0 Å². The number of benzene rings is 1. The van der Waals surface area contributed by atoms with Gasteiger partial charge in [0.05, 0.1) is 11.6 Å². The Morgan fingerprint density at radius 2 is 1.71 bits per heavy atom. The van der Waals surface area contributed by atoms with Crippen molar-refractivity contribution in [3.05, 3.63) is 47.2 Å². The van der Waals surface area contributed by atoms with Crippen LogP contribution in [-0.2, 0) is 10.2 Å². The van der Waals surface area contributed by atoms with Crippen molar-refractivity contribution in [2.24, 2.45) is 5.73 Å². The molecule has 9 nitrogen and oxygen atoms in total. The lowest BCUT2D eigenvalue weighted by molar-refractivity contribution is -0.181. The number of primary amides is 1. The van der Waals surface area contributed by atoms with Gasteiger partial charge in [-0.05, 0) is 40.2 Å². The second kappa shape index (κ2) is 9.08. The molecule has 0 spiro atoms. The number of hydrogen-bond donors (Lipinski definition) is 4. The number of nitrogens with zero attached hydrogens (tertiary/aromatic N) is 3. The molecule has 0 saturated carbocycles. The fourth-order valence-electron chi connectivity index (χ4n) is 3.46. The molecule has 1 aromatic carbocycles. The molecule has 0 aliphatic rings. The summed E-state index contributed by atoms with van der Waals surface area (Å²) in [6, 6.07) is 7.85. The Balaban J connectivity index is 1.79. The molecule has 2 aromatic heterocycles. The molecule has 0 aliphatic heterocycles. The summed E-state index contributed by atoms with van der Waals surface area (Å²) in [6.07, 6.45) is -4.49. The number of amides is 2. The fraction of sp³-hybridized carbons (Fsp3) is 0.391. The Morgan fingerprint density at radius 3 is 2.23 bits per heavy atom. The lowest BCUT2D eigenvalue weighted by Crippen LogP contribution is -2.36. The Labute approximate surface area is 200 Å². The summed E-state index contributed by atoms with van der Waals surface area (Å²) in [6.45, 7) is 7.44. The number of H-pyrrole nitrogens is 1. The van der Waals surface area contributed by atoms with Gasteiger partial charge < -0.3 is 16.8 Å². The lowest BCUT2D eigenvalue weighted by Gasteiger charge is -2.25. The van der Waals surface area contributed by atoms with Crippen molar-refractivity contribution in [1.82, 2.24) is 20.0 Å². The Kier molecular flexibility index (Phi) is 6.69. The quantitative estimate of drug-likeness (QED) is 0.393. The van der Waals surface area contributed by atoms with Gasteiger partial charge in [-0.1, -0.05) is 24.3 Å². The largest absolute Gasteiger partial charge is 0.399 e. The van der Waals surface area contributed by atoms with Crippen LogP contribution in [0, 0.1) is 0 Å². The van der Waals surface area contributed by atoms with Crippen LogP contribution in [0.5, 0.6) is 0 Å². The van der Waals surface area contributed by atoms with Crippen molar-refractivity contribution in [1.29, 1.82) is 0 Å². The average Bonchev–Trinajstić information content (AvgIpc) is 3.37. The number of halogens is 3. The first-order valence-corrected chi connectivity index (χ1v) is 10.9. The molecule has 3 rings (SSSR count). The zero-order chi connectivity index (χ0) is 26.3. The summed E-state index contributed by atoms with van der Waals surface area (Å²) in [7, 11) is 0. The first-order valence-electron chi connectivity index (χ1n) is 10.9. The predicted molar refractivity (Wildman–Crippen MR) is 126 cm³/mol. The molecule has 0 fully saturated rings. The van der Waals surface area contributed by atoms with E-state index in [1.807, 2.05) is 13.8 Å². The Hall–Kier alpha value is -3.83. The minimum absolute atomic E-state index is 0.00778. The molecule has 188 valence electrons. The second-order valence-electron chi connectivity index (χ2n) is 9.13. The number of aromatic nitrogens is 4. The number of nitrogen functional groups attached to an aromatic ring is 1. The van der Waals surface area contributed by atoms with Gasteiger partial charge in [0.2, 0.25) is 5.91 Å². The van der Waals surface area contributed by atoms with Gasteiger partial charge in [-0.25, -0.2) is 4.68 Å². The highest BCUT2D eigenvalue weighted by Gasteiger charge is 2.49. The maximum atomic E-state index is 13.3. The molecule has 1 unspecified atom stereocenters. The second-order valence-corrected chi connectivity index (χ2v) is 9.13. The summed E-state index contributed by atoms with van der Waals surface area (Å²) in [4.78, 5) is 24.7. The fourth-order valence-corrected chi connectivity index (χ4v) is 3.46. The number of nitrogens with two attached hydrogens (primary N) is 2. The molecule has 0 radical (unpaired) electrons. The number of rotatable bonds is 7. The molecule has 2 heterocycles. The van der Waals surface area contributed by atoms with E-state index in [1.54, 1.807) is 31.2 Å². The first kappa shape index (κ1) is 25.8. The topological polar surface area (TPSA) is 145 Å². The average molecular weight is 492 g/mol. The molecule has 0 saturated heterocycles. The van der Waals surface area contributed by atoms with Gasteiger partial charge in [0.15, 0.2) is 5.82 Å². The number of carbonyl (C=O) groups excluding carboxylic acids is 2. The molecular formula is C23H28F3N7O2. The zero-order valence-electron chi connectivity index (χ0n) is 20.0. The summed E-state index contributed by atoms with van der Waals surface area (Å²) < 4.78 is 41.3. The zero-order valence-corrected chi connectivity index (χ0v) is 20.0. The molecule has 12 heteroatoms. The van der Waals surface area contributed by atoms with Crippen molar-refractivity contribution in [2.45, 2.75) is 58.2 Å². The smallest absolute Gasteiger partial charge is 0.383 e. The molecule has 2 amide bonds. The van der Waals surface area contributed by atoms with E-state index in [1.165, 1.54) is 10.7 Å². The molecular weight excluding hydrogens is 463 g/mol. The molecule has 35 heavy (non-hydrogen) atoms. The van der Waals surface area contributed by atoms with E-state index in [0.29, 0.717) is 16.8 Å². The van der Waals surface area contributed by atoms with Crippen molar-refractivity contribution in [3.8, 4) is 11.3 Å². The molecule has 0 bridgehead atoms. The number of alkyl halides is 3. The van der Waals surface area contributed by atoms with E-state index < -0.39 is 29.3 Å². The number of carbonyl (C=O) groups is 2. The third-order valence-electron chi connectivity index (χ3n) is 5.97. The first-order chi connectivity index (χ1) is 16.1. The van der Waals surface area contributed by atoms with Gasteiger partial charge in [0.25, 0.3) is 5.91 Å². The van der Waals surface area contributed by atoms with E-state index in [9.17, 15) is 22.8 Å². The van der Waals surface area contributed by atoms with Crippen molar-refractivity contribution in [3.63, 3.8) is 0 Å². The van der Waals surface area contributed by atoms with E-state index in [0.717, 1.165) is 13.8 Å². The summed E-state index contributed by atoms with van der Waals surface area (Å²) in [5.41, 5.74) is 10.9. The Morgan fingerprint density at radius 1 is 1.11 bits per heavy atom. The molecule has 3 aromatic rings. The standard InChI is InChI=1S/C23H28F3N7O2/c1-11(2)33-19(27)17(20(28)34)18(32-33)14-8-6-13(7-9-14)12(3)21(35)29-16-10-15(30-31-16)22(4,5)23(24,25)26/h6-12H,27H2,1-5H3,(H2,28,34)(H2,29,30,31,35). The summed E-state index contributed by atoms with van der Waals surface area (Å²) in [5, 5.41) is 13.1. The van der Waals surface area contributed by atoms with Crippen LogP contribution >= 0.6 is 0 Å². The van der Waals surface area contributed by atoms with Crippen LogP contribution in [0.1, 0.15) is 68.2 Å². The number of anilines is 2. The van der Waals surface area contributed by atoms with Crippen LogP contribution < -0.4 is 16.8 Å². The monoisotopic (exact) mass is 491 g/mol. The number of aromatic amines is 1. The van der Waals surface area contributed by atoms with Crippen LogP contribution in [0.4, 0.5) is 24.8 Å². The van der Waals surface area contributed by atoms with Gasteiger partial charge in [-0.3, -0.25) is 14.7 Å². The molecule has 0 aliphatic carbocycles. The van der Waals surface area contributed by atoms with E-state index >= 15 is 0 Å². The van der Waals surface area contributed by atoms with Crippen molar-refractivity contribution in [2.75, 3.05) is 11.1 Å². The normalized spacial score (nSPS) is 13.2. The summed E-state index contributed by atoms with van der Waals surface area (Å²) >= 11 is 0. The summed E-state index contributed by atoms with van der Waals surface area (Å²) in [5.74, 6) is -1.63. The van der Waals surface area contributed by atoms with Gasteiger partial charge in [0, 0.05) is 17.7 Å². The van der Waals surface area contributed by atoms with Gasteiger partial charge in [0.1, 0.15) is 22.5 Å². The highest BCUT2D eigenvalue weighted by molar-refractivity contribution is 6.03. The van der Waals surface area contributed by atoms with Crippen LogP contribution in [0.3, 0.4) is 0 Å². The van der Waals surface area contributed by atoms with Crippen molar-refractivity contribution >= 4 is 23.5 Å². The lowest BCUT2D eigenvalue weighted by atomic mass is 9.89. The maximum absolute atomic E-state index is 13.3. The van der Waals surface area contributed by atoms with Gasteiger partial charge in [-0.2, -0.15) is 23.4 Å². The predicted octanol–water partition coefficient (Wildman–Crippen LogP) is 4.12. The third kappa shape index (κ3) is 4.86. The van der Waals surface area contributed by atoms with Crippen LogP contribution in [0.15, 0.2) is 30.3 Å². The minimum atomic E-state index is -4.49. The van der Waals surface area contributed by atoms with Crippen LogP contribution in [-0.4, -0.2) is 38.0 Å². The van der Waals surface area contributed by atoms with E-state index in [-0.39, 0.29) is 28.9 Å². The van der Waals surface area contributed by atoms with Gasteiger partial charge in [-0.15, -0.1) is 0 Å². The third-order valence-corrected chi connectivity index (χ3v) is 5.97. The number of hydrogen-bond acceptors (Lipinski definition) is 5. The van der Waals surface area contributed by atoms with Crippen LogP contribution in [0.25, 0.3) is 11.3 Å². The highest BCUT2D eigenvalue weighted by Crippen LogP contribution is 2.40. The molecule has 1 atom stereocenters. The van der Waals surface area contributed by atoms with E-state index in [4.69, 9.17) is 11.5 Å². The minimum Gasteiger partial charge on any atom is -0.383 e. The maximum Gasteiger partial charge on any atom is 0.399 e. The number of nitrogens with one attached hydrogen (secondary N) is 2. The van der Waals surface area contributed by atoms with Gasteiger partial charge >= 0.3 is 6.18 Å². The molecule has 6 N–H and O–H groups in total. The SMILES string of the molecule is CC(C(=O)Nc1cc(C(C)(C)C(F)(F)F)[nH]n1)c1ccc(-c2nn(C(C)C)c(N)c2C(N)=O)cc1.